The molecule has 2 rings (SSSR count). The molecule has 3 atom stereocenters. The van der Waals surface area contributed by atoms with Crippen LogP contribution in [0.15, 0.2) is 16.5 Å². The van der Waals surface area contributed by atoms with Crippen LogP contribution in [0.25, 0.3) is 0 Å². The summed E-state index contributed by atoms with van der Waals surface area (Å²) < 4.78 is 5.72. The molecular formula is C14H24N2O. The molecule has 0 bridgehead atoms. The maximum Gasteiger partial charge on any atom is 0.121 e. The lowest BCUT2D eigenvalue weighted by molar-refractivity contribution is 0.0880. The average Bonchev–Trinajstić information content (AvgIpc) is 2.75. The average molecular weight is 236 g/mol. The molecule has 0 aromatic carbocycles. The number of nitrogens with zero attached hydrogens (tertiary/aromatic N) is 1. The van der Waals surface area contributed by atoms with Gasteiger partial charge in [0.2, 0.25) is 0 Å². The van der Waals surface area contributed by atoms with Crippen molar-refractivity contribution in [2.45, 2.75) is 33.2 Å². The summed E-state index contributed by atoms with van der Waals surface area (Å²) in [5.41, 5.74) is 5.85. The van der Waals surface area contributed by atoms with Gasteiger partial charge in [0.15, 0.2) is 0 Å². The van der Waals surface area contributed by atoms with Gasteiger partial charge in [-0.1, -0.05) is 6.92 Å². The van der Waals surface area contributed by atoms with Crippen molar-refractivity contribution in [3.05, 3.63) is 23.7 Å². The predicted molar refractivity (Wildman–Crippen MR) is 69.8 cm³/mol. The fourth-order valence-electron chi connectivity index (χ4n) is 2.69. The first kappa shape index (κ1) is 12.7. The van der Waals surface area contributed by atoms with E-state index < -0.39 is 0 Å². The van der Waals surface area contributed by atoms with Crippen molar-refractivity contribution in [1.29, 1.82) is 0 Å². The van der Waals surface area contributed by atoms with E-state index in [2.05, 4.69) is 24.8 Å². The van der Waals surface area contributed by atoms with Crippen molar-refractivity contribution in [2.75, 3.05) is 19.6 Å². The van der Waals surface area contributed by atoms with Gasteiger partial charge in [-0.15, -0.1) is 0 Å². The third kappa shape index (κ3) is 2.72. The Kier molecular flexibility index (Phi) is 3.89. The fourth-order valence-corrected chi connectivity index (χ4v) is 2.69. The van der Waals surface area contributed by atoms with E-state index in [-0.39, 0.29) is 0 Å². The number of rotatable bonds is 3. The number of likely N-dealkylation sites (tertiary alicyclic amines) is 1. The largest absolute Gasteiger partial charge is 0.465 e. The minimum absolute atomic E-state index is 0.366. The van der Waals surface area contributed by atoms with Crippen LogP contribution >= 0.6 is 0 Å². The maximum absolute atomic E-state index is 5.85. The van der Waals surface area contributed by atoms with Gasteiger partial charge in [0, 0.05) is 6.54 Å². The van der Waals surface area contributed by atoms with Gasteiger partial charge in [0.1, 0.15) is 11.5 Å². The third-order valence-electron chi connectivity index (χ3n) is 4.17. The summed E-state index contributed by atoms with van der Waals surface area (Å²) >= 11 is 0. The van der Waals surface area contributed by atoms with Gasteiger partial charge < -0.3 is 10.2 Å². The Morgan fingerprint density at radius 2 is 2.29 bits per heavy atom. The van der Waals surface area contributed by atoms with E-state index in [1.54, 1.807) is 0 Å². The summed E-state index contributed by atoms with van der Waals surface area (Å²) in [6.45, 7) is 9.58. The first-order valence-electron chi connectivity index (χ1n) is 6.62. The molecule has 1 fully saturated rings. The standard InChI is InChI=1S/C14H24N2O/c1-10-6-7-16(9-13(10)8-15)12(3)14-5-4-11(2)17-14/h4-5,10,12-13H,6-9,15H2,1-3H3. The number of aryl methyl sites for hydroxylation is 1. The van der Waals surface area contributed by atoms with Crippen molar-refractivity contribution < 1.29 is 4.42 Å². The lowest BCUT2D eigenvalue weighted by atomic mass is 9.86. The molecule has 0 amide bonds. The summed E-state index contributed by atoms with van der Waals surface area (Å²) in [5, 5.41) is 0. The number of furan rings is 1. The molecule has 1 aromatic heterocycles. The highest BCUT2D eigenvalue weighted by molar-refractivity contribution is 5.09. The van der Waals surface area contributed by atoms with E-state index in [4.69, 9.17) is 10.2 Å². The van der Waals surface area contributed by atoms with Crippen LogP contribution in [0.5, 0.6) is 0 Å². The Morgan fingerprint density at radius 1 is 1.53 bits per heavy atom. The van der Waals surface area contributed by atoms with Gasteiger partial charge in [0.25, 0.3) is 0 Å². The molecule has 1 aliphatic heterocycles. The molecule has 3 unspecified atom stereocenters. The zero-order valence-corrected chi connectivity index (χ0v) is 11.1. The molecule has 17 heavy (non-hydrogen) atoms. The Balaban J connectivity index is 2.03. The van der Waals surface area contributed by atoms with Crippen molar-refractivity contribution in [2.24, 2.45) is 17.6 Å². The molecule has 1 saturated heterocycles. The molecule has 3 nitrogen and oxygen atoms in total. The Morgan fingerprint density at radius 3 is 2.88 bits per heavy atom. The van der Waals surface area contributed by atoms with Gasteiger partial charge in [-0.2, -0.15) is 0 Å². The Labute approximate surface area is 104 Å². The van der Waals surface area contributed by atoms with E-state index in [0.29, 0.717) is 12.0 Å². The molecule has 1 aromatic rings. The van der Waals surface area contributed by atoms with Crippen molar-refractivity contribution >= 4 is 0 Å². The van der Waals surface area contributed by atoms with E-state index in [0.717, 1.165) is 37.1 Å². The third-order valence-corrected chi connectivity index (χ3v) is 4.17. The summed E-state index contributed by atoms with van der Waals surface area (Å²) in [5.74, 6) is 3.45. The van der Waals surface area contributed by atoms with Gasteiger partial charge in [0.05, 0.1) is 6.04 Å². The summed E-state index contributed by atoms with van der Waals surface area (Å²) in [4.78, 5) is 2.50. The fraction of sp³-hybridized carbons (Fsp3) is 0.714. The topological polar surface area (TPSA) is 42.4 Å². The summed E-state index contributed by atoms with van der Waals surface area (Å²) in [6, 6.07) is 4.50. The first-order chi connectivity index (χ1) is 8.11. The highest BCUT2D eigenvalue weighted by atomic mass is 16.3. The van der Waals surface area contributed by atoms with E-state index in [1.165, 1.54) is 6.42 Å². The van der Waals surface area contributed by atoms with Crippen LogP contribution in [0.1, 0.15) is 37.8 Å². The SMILES string of the molecule is Cc1ccc(C(C)N2CCC(C)C(CN)C2)o1. The monoisotopic (exact) mass is 236 g/mol. The summed E-state index contributed by atoms with van der Waals surface area (Å²) in [6.07, 6.45) is 1.24. The minimum atomic E-state index is 0.366. The Bertz CT molecular complexity index is 361. The molecule has 2 N–H and O–H groups in total. The van der Waals surface area contributed by atoms with Crippen molar-refractivity contribution in [1.82, 2.24) is 4.90 Å². The van der Waals surface area contributed by atoms with E-state index in [1.807, 2.05) is 13.0 Å². The minimum Gasteiger partial charge on any atom is -0.465 e. The van der Waals surface area contributed by atoms with Crippen LogP contribution in [-0.2, 0) is 0 Å². The molecule has 2 heterocycles. The van der Waals surface area contributed by atoms with Crippen LogP contribution in [0.2, 0.25) is 0 Å². The first-order valence-corrected chi connectivity index (χ1v) is 6.62. The zero-order chi connectivity index (χ0) is 12.4. The molecule has 1 aliphatic rings. The molecule has 3 heteroatoms. The van der Waals surface area contributed by atoms with Gasteiger partial charge in [-0.3, -0.25) is 4.90 Å². The van der Waals surface area contributed by atoms with Gasteiger partial charge in [-0.05, 0) is 57.3 Å². The predicted octanol–water partition coefficient (Wildman–Crippen LogP) is 2.57. The lowest BCUT2D eigenvalue weighted by Gasteiger charge is -2.39. The summed E-state index contributed by atoms with van der Waals surface area (Å²) in [7, 11) is 0. The second-order valence-electron chi connectivity index (χ2n) is 5.38. The normalized spacial score (nSPS) is 28.2. The van der Waals surface area contributed by atoms with Crippen molar-refractivity contribution in [3.8, 4) is 0 Å². The highest BCUT2D eigenvalue weighted by Gasteiger charge is 2.29. The van der Waals surface area contributed by atoms with Crippen LogP contribution in [0.4, 0.5) is 0 Å². The van der Waals surface area contributed by atoms with Gasteiger partial charge >= 0.3 is 0 Å². The smallest absolute Gasteiger partial charge is 0.121 e. The molecular weight excluding hydrogens is 212 g/mol. The van der Waals surface area contributed by atoms with E-state index in [9.17, 15) is 0 Å². The van der Waals surface area contributed by atoms with Crippen LogP contribution in [-0.4, -0.2) is 24.5 Å². The molecule has 0 aliphatic carbocycles. The lowest BCUT2D eigenvalue weighted by Crippen LogP contribution is -2.43. The van der Waals surface area contributed by atoms with Crippen molar-refractivity contribution in [3.63, 3.8) is 0 Å². The van der Waals surface area contributed by atoms with Crippen LogP contribution in [0, 0.1) is 18.8 Å². The number of piperidine rings is 1. The number of hydrogen-bond donors (Lipinski definition) is 1. The molecule has 0 radical (unpaired) electrons. The number of nitrogens with two attached hydrogens (primary N) is 1. The molecule has 0 saturated carbocycles. The quantitative estimate of drug-likeness (QED) is 0.877. The zero-order valence-electron chi connectivity index (χ0n) is 11.1. The van der Waals surface area contributed by atoms with Gasteiger partial charge in [-0.25, -0.2) is 0 Å². The molecule has 96 valence electrons. The second kappa shape index (κ2) is 5.23. The number of hydrogen-bond acceptors (Lipinski definition) is 3. The van der Waals surface area contributed by atoms with Crippen LogP contribution < -0.4 is 5.73 Å². The Hall–Kier alpha value is -0.800. The second-order valence-corrected chi connectivity index (χ2v) is 5.38. The maximum atomic E-state index is 5.85. The van der Waals surface area contributed by atoms with E-state index >= 15 is 0 Å². The van der Waals surface area contributed by atoms with Crippen LogP contribution in [0.3, 0.4) is 0 Å². The highest BCUT2D eigenvalue weighted by Crippen LogP contribution is 2.29. The molecule has 0 spiro atoms.